The number of anilines is 1. The molecule has 3 rings (SSSR count). The van der Waals surface area contributed by atoms with Crippen molar-refractivity contribution in [3.05, 3.63) is 63.0 Å². The smallest absolute Gasteiger partial charge is 0.328 e. The molecule has 0 aliphatic rings. The van der Waals surface area contributed by atoms with Crippen molar-refractivity contribution in [2.75, 3.05) is 19.0 Å². The second-order valence-corrected chi connectivity index (χ2v) is 7.80. The molecule has 0 aliphatic heterocycles. The molecule has 2 aromatic carbocycles. The van der Waals surface area contributed by atoms with Crippen LogP contribution in [0.15, 0.2) is 51.7 Å². The molecule has 1 unspecified atom stereocenters. The molecular formula is C22H21BrN4O6. The number of ether oxygens (including phenoxy) is 2. The first-order valence-corrected chi connectivity index (χ1v) is 10.5. The van der Waals surface area contributed by atoms with Crippen LogP contribution < -0.4 is 21.1 Å². The van der Waals surface area contributed by atoms with Crippen LogP contribution in [0.5, 0.6) is 5.75 Å². The predicted molar refractivity (Wildman–Crippen MR) is 126 cm³/mol. The largest absolute Gasteiger partial charge is 0.497 e. The molecular weight excluding hydrogens is 496 g/mol. The number of aromatic amines is 2. The van der Waals surface area contributed by atoms with Crippen LogP contribution in [0.2, 0.25) is 0 Å². The van der Waals surface area contributed by atoms with E-state index in [1.807, 2.05) is 0 Å². The third-order valence-electron chi connectivity index (χ3n) is 4.48. The summed E-state index contributed by atoms with van der Waals surface area (Å²) < 4.78 is 10.6. The SMILES string of the molecule is COc1ccc(/C=C/C(=O)NC(C)C(=O)OCC(=O)Nc2cc3[nH]c(=O)[nH]c3cc2Br)cc1. The number of halogens is 1. The van der Waals surface area contributed by atoms with Gasteiger partial charge in [-0.25, -0.2) is 9.59 Å². The Balaban J connectivity index is 1.47. The van der Waals surface area contributed by atoms with E-state index < -0.39 is 30.4 Å². The van der Waals surface area contributed by atoms with Gasteiger partial charge in [0, 0.05) is 10.5 Å². The van der Waals surface area contributed by atoms with Gasteiger partial charge in [-0.15, -0.1) is 0 Å². The maximum Gasteiger partial charge on any atom is 0.328 e. The molecule has 10 nitrogen and oxygen atoms in total. The van der Waals surface area contributed by atoms with Gasteiger partial charge in [-0.1, -0.05) is 12.1 Å². The summed E-state index contributed by atoms with van der Waals surface area (Å²) in [4.78, 5) is 52.9. The van der Waals surface area contributed by atoms with Gasteiger partial charge in [-0.3, -0.25) is 9.59 Å². The summed E-state index contributed by atoms with van der Waals surface area (Å²) in [6, 6.07) is 9.32. The number of hydrogen-bond donors (Lipinski definition) is 4. The van der Waals surface area contributed by atoms with E-state index in [4.69, 9.17) is 9.47 Å². The summed E-state index contributed by atoms with van der Waals surface area (Å²) in [5.74, 6) is -1.14. The first-order valence-electron chi connectivity index (χ1n) is 9.76. The number of carbonyl (C=O) groups excluding carboxylic acids is 3. The number of methoxy groups -OCH3 is 1. The number of fused-ring (bicyclic) bond motifs is 1. The Bertz CT molecular complexity index is 1260. The lowest BCUT2D eigenvalue weighted by Gasteiger charge is -2.12. The molecule has 0 fully saturated rings. The molecule has 0 spiro atoms. The van der Waals surface area contributed by atoms with Gasteiger partial charge in [-0.2, -0.15) is 0 Å². The van der Waals surface area contributed by atoms with Crippen LogP contribution in [0.1, 0.15) is 12.5 Å². The average Bonchev–Trinajstić information content (AvgIpc) is 3.15. The number of imidazole rings is 1. The van der Waals surface area contributed by atoms with Gasteiger partial charge in [-0.05, 0) is 58.8 Å². The van der Waals surface area contributed by atoms with Crippen molar-refractivity contribution in [3.63, 3.8) is 0 Å². The lowest BCUT2D eigenvalue weighted by molar-refractivity contribution is -0.149. The van der Waals surface area contributed by atoms with E-state index in [9.17, 15) is 19.2 Å². The maximum absolute atomic E-state index is 12.2. The quantitative estimate of drug-likeness (QED) is 0.267. The monoisotopic (exact) mass is 516 g/mol. The zero-order chi connectivity index (χ0) is 24.0. The van der Waals surface area contributed by atoms with Crippen LogP contribution in [-0.2, 0) is 19.1 Å². The van der Waals surface area contributed by atoms with Crippen molar-refractivity contribution >= 4 is 56.5 Å². The van der Waals surface area contributed by atoms with E-state index in [-0.39, 0.29) is 5.69 Å². The fourth-order valence-electron chi connectivity index (χ4n) is 2.81. The molecule has 33 heavy (non-hydrogen) atoms. The molecule has 172 valence electrons. The third-order valence-corrected chi connectivity index (χ3v) is 5.13. The van der Waals surface area contributed by atoms with Gasteiger partial charge in [0.2, 0.25) is 5.91 Å². The van der Waals surface area contributed by atoms with Crippen molar-refractivity contribution in [3.8, 4) is 5.75 Å². The van der Waals surface area contributed by atoms with Gasteiger partial charge in [0.15, 0.2) is 6.61 Å². The highest BCUT2D eigenvalue weighted by molar-refractivity contribution is 9.10. The molecule has 0 saturated heterocycles. The fourth-order valence-corrected chi connectivity index (χ4v) is 3.25. The molecule has 0 aliphatic carbocycles. The van der Waals surface area contributed by atoms with Gasteiger partial charge < -0.3 is 30.1 Å². The highest BCUT2D eigenvalue weighted by atomic mass is 79.9. The number of hydrogen-bond acceptors (Lipinski definition) is 6. The summed E-state index contributed by atoms with van der Waals surface area (Å²) in [6.07, 6.45) is 2.88. The minimum Gasteiger partial charge on any atom is -0.497 e. The molecule has 4 N–H and O–H groups in total. The Hall–Kier alpha value is -3.86. The first-order chi connectivity index (χ1) is 15.7. The number of rotatable bonds is 8. The van der Waals surface area contributed by atoms with Crippen molar-refractivity contribution in [2.24, 2.45) is 0 Å². The number of amides is 2. The molecule has 0 saturated carbocycles. The molecule has 0 radical (unpaired) electrons. The van der Waals surface area contributed by atoms with Gasteiger partial charge in [0.25, 0.3) is 5.91 Å². The lowest BCUT2D eigenvalue weighted by atomic mass is 10.2. The Morgan fingerprint density at radius 1 is 1.12 bits per heavy atom. The predicted octanol–water partition coefficient (Wildman–Crippen LogP) is 2.33. The van der Waals surface area contributed by atoms with E-state index in [1.165, 1.54) is 13.0 Å². The maximum atomic E-state index is 12.2. The van der Waals surface area contributed by atoms with E-state index in [0.29, 0.717) is 26.9 Å². The minimum atomic E-state index is -0.959. The van der Waals surface area contributed by atoms with Crippen molar-refractivity contribution in [2.45, 2.75) is 13.0 Å². The van der Waals surface area contributed by atoms with Crippen molar-refractivity contribution in [1.29, 1.82) is 0 Å². The molecule has 1 heterocycles. The Kier molecular flexibility index (Phi) is 7.67. The second kappa shape index (κ2) is 10.6. The minimum absolute atomic E-state index is 0.371. The third kappa shape index (κ3) is 6.56. The molecule has 1 aromatic heterocycles. The van der Waals surface area contributed by atoms with Gasteiger partial charge in [0.1, 0.15) is 11.8 Å². The zero-order valence-electron chi connectivity index (χ0n) is 17.7. The van der Waals surface area contributed by atoms with Crippen molar-refractivity contribution < 1.29 is 23.9 Å². The second-order valence-electron chi connectivity index (χ2n) is 6.95. The van der Waals surface area contributed by atoms with Crippen LogP contribution in [-0.4, -0.2) is 47.5 Å². The summed E-state index contributed by atoms with van der Waals surface area (Å²) in [7, 11) is 1.56. The molecule has 11 heteroatoms. The van der Waals surface area contributed by atoms with Crippen LogP contribution in [0, 0.1) is 0 Å². The molecule has 2 amide bonds. The zero-order valence-corrected chi connectivity index (χ0v) is 19.3. The number of aromatic nitrogens is 2. The molecule has 3 aromatic rings. The van der Waals surface area contributed by atoms with Crippen LogP contribution in [0.25, 0.3) is 17.1 Å². The Morgan fingerprint density at radius 3 is 2.45 bits per heavy atom. The summed E-state index contributed by atoms with van der Waals surface area (Å²) >= 11 is 3.31. The average molecular weight is 517 g/mol. The highest BCUT2D eigenvalue weighted by Gasteiger charge is 2.18. The fraction of sp³-hybridized carbons (Fsp3) is 0.182. The lowest BCUT2D eigenvalue weighted by Crippen LogP contribution is -2.39. The van der Waals surface area contributed by atoms with Crippen LogP contribution in [0.3, 0.4) is 0 Å². The summed E-state index contributed by atoms with van der Waals surface area (Å²) in [6.45, 7) is 0.904. The number of carbonyl (C=O) groups is 3. The molecule has 0 bridgehead atoms. The van der Waals surface area contributed by atoms with Crippen LogP contribution >= 0.6 is 15.9 Å². The first kappa shape index (κ1) is 23.8. The number of esters is 1. The summed E-state index contributed by atoms with van der Waals surface area (Å²) in [5, 5.41) is 5.06. The van der Waals surface area contributed by atoms with E-state index in [0.717, 1.165) is 5.56 Å². The Morgan fingerprint density at radius 2 is 1.79 bits per heavy atom. The Labute approximate surface area is 196 Å². The van der Waals surface area contributed by atoms with E-state index in [1.54, 1.807) is 49.6 Å². The standard InChI is InChI=1S/C22H21BrN4O6/c1-12(24-19(28)8-5-13-3-6-14(32-2)7-4-13)21(30)33-11-20(29)25-16-10-18-17(9-15(16)23)26-22(31)27-18/h3-10,12H,11H2,1-2H3,(H,24,28)(H,25,29)(H2,26,27,31)/b8-5+. The highest BCUT2D eigenvalue weighted by Crippen LogP contribution is 2.26. The summed E-state index contributed by atoms with van der Waals surface area (Å²) in [5.41, 5.74) is 1.88. The molecule has 1 atom stereocenters. The topological polar surface area (TPSA) is 142 Å². The van der Waals surface area contributed by atoms with Gasteiger partial charge in [0.05, 0.1) is 23.8 Å². The van der Waals surface area contributed by atoms with Crippen molar-refractivity contribution in [1.82, 2.24) is 15.3 Å². The van der Waals surface area contributed by atoms with E-state index >= 15 is 0 Å². The van der Waals surface area contributed by atoms with Crippen LogP contribution in [0.4, 0.5) is 5.69 Å². The van der Waals surface area contributed by atoms with Gasteiger partial charge >= 0.3 is 11.7 Å². The number of benzene rings is 2. The van der Waals surface area contributed by atoms with E-state index in [2.05, 4.69) is 36.5 Å². The number of nitrogens with one attached hydrogen (secondary N) is 4. The number of H-pyrrole nitrogens is 2. The normalized spacial score (nSPS) is 11.8.